The molecule has 152 valence electrons. The Kier molecular flexibility index (Phi) is 6.92. The molecule has 29 heavy (non-hydrogen) atoms. The van der Waals surface area contributed by atoms with Crippen LogP contribution >= 0.6 is 12.2 Å². The lowest BCUT2D eigenvalue weighted by atomic mass is 10.1. The number of hydrogen-bond donors (Lipinski definition) is 3. The number of carbonyl (C=O) groups excluding carboxylic acids is 1. The van der Waals surface area contributed by atoms with Gasteiger partial charge in [0.15, 0.2) is 22.9 Å². The predicted octanol–water partition coefficient (Wildman–Crippen LogP) is 0.938. The summed E-state index contributed by atoms with van der Waals surface area (Å²) in [5.41, 5.74) is -0.159. The SMILES string of the molecule is COc1cccc(/C=C/c2[nH]c(=S)[nH]c(=O)c2C#N)c1OCC(=O)NS(C)(=O)=O. The molecule has 0 spiro atoms. The van der Waals surface area contributed by atoms with E-state index in [0.29, 0.717) is 11.3 Å². The van der Waals surface area contributed by atoms with E-state index in [4.69, 9.17) is 27.0 Å². The first kappa shape index (κ1) is 21.9. The molecular formula is C17H16N4O6S2. The standard InChI is InChI=1S/C17H16N4O6S2/c1-26-13-5-3-4-10(15(13)27-9-14(22)21-29(2,24)25)6-7-12-11(8-18)16(23)20-17(28)19-12/h3-7H,9H2,1-2H3,(H,21,22)(H2,19,20,23,28)/b7-6+. The van der Waals surface area contributed by atoms with Crippen LogP contribution in [0.5, 0.6) is 11.5 Å². The van der Waals surface area contributed by atoms with Crippen molar-refractivity contribution in [2.45, 2.75) is 0 Å². The first-order valence-corrected chi connectivity index (χ1v) is 10.2. The molecule has 1 amide bonds. The molecule has 0 saturated carbocycles. The summed E-state index contributed by atoms with van der Waals surface area (Å²) in [7, 11) is -2.32. The molecule has 1 heterocycles. The Labute approximate surface area is 170 Å². The number of nitrogens with zero attached hydrogens (tertiary/aromatic N) is 1. The smallest absolute Gasteiger partial charge is 0.271 e. The fourth-order valence-electron chi connectivity index (χ4n) is 2.27. The molecule has 0 unspecified atom stereocenters. The summed E-state index contributed by atoms with van der Waals surface area (Å²) in [5.74, 6) is -0.408. The summed E-state index contributed by atoms with van der Waals surface area (Å²) in [6.45, 7) is -0.578. The number of methoxy groups -OCH3 is 1. The molecule has 0 fully saturated rings. The highest BCUT2D eigenvalue weighted by atomic mass is 32.2. The Balaban J connectivity index is 2.39. The average Bonchev–Trinajstić information content (AvgIpc) is 2.63. The molecular weight excluding hydrogens is 420 g/mol. The molecule has 2 aromatic rings. The number of nitriles is 1. The molecule has 0 aliphatic heterocycles. The van der Waals surface area contributed by atoms with Crippen molar-refractivity contribution in [2.24, 2.45) is 0 Å². The lowest BCUT2D eigenvalue weighted by molar-refractivity contribution is -0.121. The lowest BCUT2D eigenvalue weighted by Crippen LogP contribution is -2.33. The van der Waals surface area contributed by atoms with Crippen LogP contribution in [0.1, 0.15) is 16.8 Å². The Morgan fingerprint density at radius 2 is 2.07 bits per heavy atom. The van der Waals surface area contributed by atoms with E-state index in [9.17, 15) is 18.0 Å². The van der Waals surface area contributed by atoms with Crippen molar-refractivity contribution in [2.75, 3.05) is 20.0 Å². The Morgan fingerprint density at radius 1 is 1.34 bits per heavy atom. The van der Waals surface area contributed by atoms with Gasteiger partial charge in [0.2, 0.25) is 10.0 Å². The summed E-state index contributed by atoms with van der Waals surface area (Å²) in [6, 6.07) is 6.67. The molecule has 0 radical (unpaired) electrons. The predicted molar refractivity (Wildman–Crippen MR) is 107 cm³/mol. The fraction of sp³-hybridized carbons (Fsp3) is 0.176. The fourth-order valence-corrected chi connectivity index (χ4v) is 2.94. The number of amides is 1. The van der Waals surface area contributed by atoms with E-state index in [1.54, 1.807) is 29.0 Å². The van der Waals surface area contributed by atoms with Crippen LogP contribution in [0, 0.1) is 16.1 Å². The number of carbonyl (C=O) groups is 1. The number of H-pyrrole nitrogens is 2. The quantitative estimate of drug-likeness (QED) is 0.542. The minimum atomic E-state index is -3.72. The van der Waals surface area contributed by atoms with Crippen molar-refractivity contribution in [1.82, 2.24) is 14.7 Å². The van der Waals surface area contributed by atoms with E-state index in [1.807, 2.05) is 0 Å². The number of hydrogen-bond acceptors (Lipinski definition) is 8. The summed E-state index contributed by atoms with van der Waals surface area (Å²) in [6.07, 6.45) is 3.81. The van der Waals surface area contributed by atoms with Crippen molar-refractivity contribution in [3.05, 3.63) is 50.1 Å². The van der Waals surface area contributed by atoms with E-state index >= 15 is 0 Å². The monoisotopic (exact) mass is 436 g/mol. The molecule has 0 aliphatic rings. The zero-order valence-corrected chi connectivity index (χ0v) is 16.9. The van der Waals surface area contributed by atoms with E-state index in [-0.39, 0.29) is 21.8 Å². The number of ether oxygens (including phenoxy) is 2. The van der Waals surface area contributed by atoms with Gasteiger partial charge in [0.05, 0.1) is 19.1 Å². The second-order valence-electron chi connectivity index (χ2n) is 5.61. The third-order valence-corrected chi connectivity index (χ3v) is 4.19. The van der Waals surface area contributed by atoms with Crippen molar-refractivity contribution in [3.63, 3.8) is 0 Å². The van der Waals surface area contributed by atoms with Gasteiger partial charge in [0.25, 0.3) is 11.5 Å². The van der Waals surface area contributed by atoms with Crippen molar-refractivity contribution in [1.29, 1.82) is 5.26 Å². The maximum Gasteiger partial charge on any atom is 0.271 e. The van der Waals surface area contributed by atoms with Crippen molar-refractivity contribution < 1.29 is 22.7 Å². The minimum absolute atomic E-state index is 0.0493. The summed E-state index contributed by atoms with van der Waals surface area (Å²) >= 11 is 4.91. The van der Waals surface area contributed by atoms with Gasteiger partial charge in [-0.15, -0.1) is 0 Å². The highest BCUT2D eigenvalue weighted by molar-refractivity contribution is 7.89. The molecule has 0 aliphatic carbocycles. The maximum atomic E-state index is 11.8. The third kappa shape index (κ3) is 6.03. The first-order chi connectivity index (χ1) is 13.6. The number of benzene rings is 1. The van der Waals surface area contributed by atoms with Gasteiger partial charge < -0.3 is 14.5 Å². The van der Waals surface area contributed by atoms with E-state index in [0.717, 1.165) is 6.26 Å². The molecule has 12 heteroatoms. The molecule has 1 aromatic carbocycles. The molecule has 3 N–H and O–H groups in total. The lowest BCUT2D eigenvalue weighted by Gasteiger charge is -2.13. The number of rotatable bonds is 7. The van der Waals surface area contributed by atoms with E-state index in [2.05, 4.69) is 9.97 Å². The molecule has 1 aromatic heterocycles. The first-order valence-electron chi connectivity index (χ1n) is 7.90. The van der Waals surface area contributed by atoms with Gasteiger partial charge in [0.1, 0.15) is 11.6 Å². The molecule has 0 atom stereocenters. The van der Waals surface area contributed by atoms with Crippen LogP contribution in [0.4, 0.5) is 0 Å². The van der Waals surface area contributed by atoms with Gasteiger partial charge in [-0.05, 0) is 30.4 Å². The highest BCUT2D eigenvalue weighted by Gasteiger charge is 2.14. The Morgan fingerprint density at radius 3 is 2.69 bits per heavy atom. The number of aromatic amines is 2. The number of para-hydroxylation sites is 1. The average molecular weight is 436 g/mol. The Bertz CT molecular complexity index is 1220. The van der Waals surface area contributed by atoms with Crippen molar-refractivity contribution >= 4 is 40.3 Å². The topological polar surface area (TPSA) is 154 Å². The highest BCUT2D eigenvalue weighted by Crippen LogP contribution is 2.32. The third-order valence-electron chi connectivity index (χ3n) is 3.39. The molecule has 0 bridgehead atoms. The van der Waals surface area contributed by atoms with Crippen LogP contribution in [0.15, 0.2) is 23.0 Å². The van der Waals surface area contributed by atoms with Crippen molar-refractivity contribution in [3.8, 4) is 17.6 Å². The molecule has 2 rings (SSSR count). The van der Waals surface area contributed by atoms with Gasteiger partial charge >= 0.3 is 0 Å². The zero-order chi connectivity index (χ0) is 21.6. The number of aromatic nitrogens is 2. The summed E-state index contributed by atoms with van der Waals surface area (Å²) in [4.78, 5) is 28.6. The minimum Gasteiger partial charge on any atom is -0.493 e. The van der Waals surface area contributed by atoms with Gasteiger partial charge in [-0.3, -0.25) is 19.3 Å². The van der Waals surface area contributed by atoms with Crippen LogP contribution in [0.3, 0.4) is 0 Å². The van der Waals surface area contributed by atoms with Gasteiger partial charge in [0, 0.05) is 5.56 Å². The molecule has 0 saturated heterocycles. The second kappa shape index (κ2) is 9.18. The van der Waals surface area contributed by atoms with Crippen LogP contribution in [-0.4, -0.2) is 44.3 Å². The van der Waals surface area contributed by atoms with Gasteiger partial charge in [-0.2, -0.15) is 5.26 Å². The van der Waals surface area contributed by atoms with E-state index in [1.165, 1.54) is 19.3 Å². The zero-order valence-electron chi connectivity index (χ0n) is 15.3. The van der Waals surface area contributed by atoms with Crippen LogP contribution in [0.2, 0.25) is 0 Å². The largest absolute Gasteiger partial charge is 0.493 e. The number of nitrogens with one attached hydrogen (secondary N) is 3. The normalized spacial score (nSPS) is 11.1. The second-order valence-corrected chi connectivity index (χ2v) is 7.76. The molecule has 10 nitrogen and oxygen atoms in total. The number of sulfonamides is 1. The Hall–Kier alpha value is -3.43. The van der Waals surface area contributed by atoms with Crippen LogP contribution < -0.4 is 19.8 Å². The van der Waals surface area contributed by atoms with Crippen LogP contribution in [-0.2, 0) is 14.8 Å². The van der Waals surface area contributed by atoms with Gasteiger partial charge in [-0.25, -0.2) is 8.42 Å². The van der Waals surface area contributed by atoms with Crippen LogP contribution in [0.25, 0.3) is 12.2 Å². The maximum absolute atomic E-state index is 11.8. The summed E-state index contributed by atoms with van der Waals surface area (Å²) < 4.78 is 34.8. The van der Waals surface area contributed by atoms with Gasteiger partial charge in [-0.1, -0.05) is 12.1 Å². The van der Waals surface area contributed by atoms with E-state index < -0.39 is 28.1 Å². The summed E-state index contributed by atoms with van der Waals surface area (Å²) in [5, 5.41) is 9.17.